The van der Waals surface area contributed by atoms with Gasteiger partial charge >= 0.3 is 6.03 Å². The summed E-state index contributed by atoms with van der Waals surface area (Å²) >= 11 is 0. The van der Waals surface area contributed by atoms with Crippen LogP contribution in [0.5, 0.6) is 0 Å². The zero-order valence-corrected chi connectivity index (χ0v) is 14.9. The van der Waals surface area contributed by atoms with Crippen LogP contribution in [-0.2, 0) is 0 Å². The van der Waals surface area contributed by atoms with E-state index in [2.05, 4.69) is 25.4 Å². The van der Waals surface area contributed by atoms with Gasteiger partial charge in [-0.15, -0.1) is 0 Å². The van der Waals surface area contributed by atoms with Gasteiger partial charge in [0.15, 0.2) is 0 Å². The highest BCUT2D eigenvalue weighted by molar-refractivity contribution is 5.89. The maximum atomic E-state index is 12.4. The number of urea groups is 1. The number of amides is 2. The molecule has 4 heterocycles. The summed E-state index contributed by atoms with van der Waals surface area (Å²) in [5, 5.41) is 6.12. The van der Waals surface area contributed by atoms with Gasteiger partial charge in [0, 0.05) is 31.7 Å². The number of hydrogen-bond acceptors (Lipinski definition) is 4. The zero-order chi connectivity index (χ0) is 17.1. The van der Waals surface area contributed by atoms with E-state index in [1.54, 1.807) is 6.20 Å². The van der Waals surface area contributed by atoms with Gasteiger partial charge < -0.3 is 15.5 Å². The van der Waals surface area contributed by atoms with E-state index in [0.717, 1.165) is 37.6 Å². The minimum absolute atomic E-state index is 0.107. The monoisotopic (exact) mass is 343 g/mol. The first-order valence-corrected chi connectivity index (χ1v) is 9.82. The standard InChI is InChI=1S/C19H29N5O/c25-19(22-16-9-13-23-10-5-2-6-17(16)23)21-15-7-8-18(20-14-15)24-11-3-1-4-12-24/h7-8,14,16-17H,1-6,9-13H2,(H2,21,22,25)/t16-,17-/m1/s1. The molecule has 0 saturated carbocycles. The molecule has 2 atom stereocenters. The van der Waals surface area contributed by atoms with E-state index in [1.807, 2.05) is 12.1 Å². The summed E-state index contributed by atoms with van der Waals surface area (Å²) in [5.74, 6) is 1.01. The van der Waals surface area contributed by atoms with Gasteiger partial charge in [-0.3, -0.25) is 4.90 Å². The van der Waals surface area contributed by atoms with Crippen LogP contribution in [0.1, 0.15) is 44.9 Å². The van der Waals surface area contributed by atoms with E-state index in [1.165, 1.54) is 45.1 Å². The van der Waals surface area contributed by atoms with Crippen LogP contribution in [0.15, 0.2) is 18.3 Å². The van der Waals surface area contributed by atoms with Crippen molar-refractivity contribution in [1.29, 1.82) is 0 Å². The number of anilines is 2. The average Bonchev–Trinajstić information content (AvgIpc) is 3.06. The molecule has 4 rings (SSSR count). The Labute approximate surface area is 150 Å². The van der Waals surface area contributed by atoms with E-state index in [-0.39, 0.29) is 12.1 Å². The summed E-state index contributed by atoms with van der Waals surface area (Å²) in [6.45, 7) is 4.47. The van der Waals surface area contributed by atoms with Crippen LogP contribution in [-0.4, -0.2) is 54.2 Å². The minimum atomic E-state index is -0.107. The SMILES string of the molecule is O=C(Nc1ccc(N2CCCCC2)nc1)N[C@@H]1CCN2CCCC[C@H]12. The summed E-state index contributed by atoms with van der Waals surface area (Å²) in [4.78, 5) is 21.7. The molecule has 6 heteroatoms. The van der Waals surface area contributed by atoms with Crippen LogP contribution in [0.2, 0.25) is 0 Å². The molecule has 136 valence electrons. The van der Waals surface area contributed by atoms with E-state index in [9.17, 15) is 4.79 Å². The Morgan fingerprint density at radius 3 is 2.64 bits per heavy atom. The van der Waals surface area contributed by atoms with Crippen LogP contribution in [0.4, 0.5) is 16.3 Å². The maximum Gasteiger partial charge on any atom is 0.319 e. The lowest BCUT2D eigenvalue weighted by molar-refractivity contribution is 0.180. The van der Waals surface area contributed by atoms with Crippen molar-refractivity contribution in [2.24, 2.45) is 0 Å². The molecule has 3 aliphatic rings. The summed E-state index contributed by atoms with van der Waals surface area (Å²) in [6.07, 6.45) is 10.4. The highest BCUT2D eigenvalue weighted by Gasteiger charge is 2.36. The van der Waals surface area contributed by atoms with Crippen molar-refractivity contribution in [3.05, 3.63) is 18.3 Å². The molecule has 0 aromatic carbocycles. The molecule has 6 nitrogen and oxygen atoms in total. The fourth-order valence-electron chi connectivity index (χ4n) is 4.52. The van der Waals surface area contributed by atoms with Crippen LogP contribution < -0.4 is 15.5 Å². The molecule has 0 aliphatic carbocycles. The number of piperidine rings is 2. The Morgan fingerprint density at radius 2 is 1.84 bits per heavy atom. The Morgan fingerprint density at radius 1 is 1.00 bits per heavy atom. The number of aromatic nitrogens is 1. The predicted octanol–water partition coefficient (Wildman–Crippen LogP) is 2.82. The number of nitrogens with zero attached hydrogens (tertiary/aromatic N) is 3. The number of hydrogen-bond donors (Lipinski definition) is 2. The lowest BCUT2D eigenvalue weighted by atomic mass is 9.99. The molecule has 0 radical (unpaired) electrons. The number of rotatable bonds is 3. The molecular formula is C19H29N5O. The molecule has 2 amide bonds. The highest BCUT2D eigenvalue weighted by Crippen LogP contribution is 2.27. The zero-order valence-electron chi connectivity index (χ0n) is 14.9. The third kappa shape index (κ3) is 3.89. The first-order valence-electron chi connectivity index (χ1n) is 9.82. The number of nitrogens with one attached hydrogen (secondary N) is 2. The number of pyridine rings is 1. The second kappa shape index (κ2) is 7.60. The van der Waals surface area contributed by atoms with Crippen molar-refractivity contribution in [2.75, 3.05) is 36.4 Å². The molecule has 3 saturated heterocycles. The lowest BCUT2D eigenvalue weighted by Crippen LogP contribution is -2.47. The van der Waals surface area contributed by atoms with Crippen LogP contribution >= 0.6 is 0 Å². The number of fused-ring (bicyclic) bond motifs is 1. The molecule has 0 spiro atoms. The van der Waals surface area contributed by atoms with Gasteiger partial charge in [-0.1, -0.05) is 6.42 Å². The third-order valence-electron chi connectivity index (χ3n) is 5.86. The van der Waals surface area contributed by atoms with Crippen molar-refractivity contribution in [3.63, 3.8) is 0 Å². The van der Waals surface area contributed by atoms with Gasteiger partial charge in [0.25, 0.3) is 0 Å². The second-order valence-corrected chi connectivity index (χ2v) is 7.55. The molecule has 0 unspecified atom stereocenters. The summed E-state index contributed by atoms with van der Waals surface area (Å²) in [6, 6.07) is 4.67. The largest absolute Gasteiger partial charge is 0.357 e. The van der Waals surface area contributed by atoms with E-state index >= 15 is 0 Å². The van der Waals surface area contributed by atoms with Gasteiger partial charge in [0.1, 0.15) is 5.82 Å². The first-order chi connectivity index (χ1) is 12.3. The first kappa shape index (κ1) is 16.6. The van der Waals surface area contributed by atoms with E-state index < -0.39 is 0 Å². The van der Waals surface area contributed by atoms with Gasteiger partial charge in [0.2, 0.25) is 0 Å². The minimum Gasteiger partial charge on any atom is -0.357 e. The van der Waals surface area contributed by atoms with Gasteiger partial charge in [0.05, 0.1) is 11.9 Å². The average molecular weight is 343 g/mol. The molecule has 3 fully saturated rings. The summed E-state index contributed by atoms with van der Waals surface area (Å²) < 4.78 is 0. The van der Waals surface area contributed by atoms with Crippen molar-refractivity contribution in [2.45, 2.75) is 57.0 Å². The van der Waals surface area contributed by atoms with Crippen LogP contribution in [0, 0.1) is 0 Å². The number of carbonyl (C=O) groups excluding carboxylic acids is 1. The summed E-state index contributed by atoms with van der Waals surface area (Å²) in [7, 11) is 0. The molecule has 1 aromatic heterocycles. The maximum absolute atomic E-state index is 12.4. The Balaban J connectivity index is 1.30. The van der Waals surface area contributed by atoms with Crippen molar-refractivity contribution in [1.82, 2.24) is 15.2 Å². The van der Waals surface area contributed by atoms with E-state index in [0.29, 0.717) is 6.04 Å². The van der Waals surface area contributed by atoms with Crippen LogP contribution in [0.3, 0.4) is 0 Å². The van der Waals surface area contributed by atoms with Crippen molar-refractivity contribution >= 4 is 17.5 Å². The quantitative estimate of drug-likeness (QED) is 0.886. The molecule has 25 heavy (non-hydrogen) atoms. The van der Waals surface area contributed by atoms with Gasteiger partial charge in [-0.2, -0.15) is 0 Å². The fourth-order valence-corrected chi connectivity index (χ4v) is 4.52. The summed E-state index contributed by atoms with van der Waals surface area (Å²) in [5.41, 5.74) is 0.761. The topological polar surface area (TPSA) is 60.5 Å². The second-order valence-electron chi connectivity index (χ2n) is 7.55. The Kier molecular flexibility index (Phi) is 5.06. The molecular weight excluding hydrogens is 314 g/mol. The number of carbonyl (C=O) groups is 1. The normalized spacial score (nSPS) is 27.0. The Bertz CT molecular complexity index is 584. The molecule has 3 aliphatic heterocycles. The molecule has 2 N–H and O–H groups in total. The van der Waals surface area contributed by atoms with E-state index in [4.69, 9.17) is 0 Å². The molecule has 1 aromatic rings. The van der Waals surface area contributed by atoms with Gasteiger partial charge in [-0.05, 0) is 57.2 Å². The van der Waals surface area contributed by atoms with Crippen molar-refractivity contribution < 1.29 is 4.79 Å². The van der Waals surface area contributed by atoms with Crippen LogP contribution in [0.25, 0.3) is 0 Å². The molecule has 0 bridgehead atoms. The lowest BCUT2D eigenvalue weighted by Gasteiger charge is -2.32. The Hall–Kier alpha value is -1.82. The smallest absolute Gasteiger partial charge is 0.319 e. The van der Waals surface area contributed by atoms with Crippen molar-refractivity contribution in [3.8, 4) is 0 Å². The van der Waals surface area contributed by atoms with Gasteiger partial charge in [-0.25, -0.2) is 9.78 Å². The predicted molar refractivity (Wildman–Crippen MR) is 100 cm³/mol. The fraction of sp³-hybridized carbons (Fsp3) is 0.684. The third-order valence-corrected chi connectivity index (χ3v) is 5.86. The highest BCUT2D eigenvalue weighted by atomic mass is 16.2.